The van der Waals surface area contributed by atoms with Crippen molar-refractivity contribution in [2.45, 2.75) is 37.2 Å². The highest BCUT2D eigenvalue weighted by atomic mass is 32.2. The fourth-order valence-corrected chi connectivity index (χ4v) is 5.00. The van der Waals surface area contributed by atoms with Gasteiger partial charge >= 0.3 is 0 Å². The number of hydrogen-bond donors (Lipinski definition) is 1. The molecule has 0 bridgehead atoms. The van der Waals surface area contributed by atoms with Gasteiger partial charge in [0.15, 0.2) is 0 Å². The number of fused-ring (bicyclic) bond motifs is 1. The minimum atomic E-state index is 0.0310. The van der Waals surface area contributed by atoms with E-state index in [2.05, 4.69) is 58.0 Å². The van der Waals surface area contributed by atoms with Gasteiger partial charge < -0.3 is 5.32 Å². The normalized spacial score (nSPS) is 12.9. The summed E-state index contributed by atoms with van der Waals surface area (Å²) in [5.74, 6) is 0.454. The molecule has 29 heavy (non-hydrogen) atoms. The minimum absolute atomic E-state index is 0.0310. The van der Waals surface area contributed by atoms with Crippen LogP contribution < -0.4 is 5.32 Å². The first-order valence-electron chi connectivity index (χ1n) is 9.85. The van der Waals surface area contributed by atoms with Crippen molar-refractivity contribution in [3.05, 3.63) is 75.7 Å². The Hall–Kier alpha value is -2.15. The number of benzene rings is 2. The molecule has 0 aliphatic heterocycles. The van der Waals surface area contributed by atoms with Crippen molar-refractivity contribution >= 4 is 34.7 Å². The zero-order valence-corrected chi connectivity index (χ0v) is 18.2. The molecule has 0 fully saturated rings. The summed E-state index contributed by atoms with van der Waals surface area (Å²) in [5.41, 5.74) is 7.89. The molecule has 0 spiro atoms. The Kier molecular flexibility index (Phi) is 6.64. The number of thiazole rings is 1. The lowest BCUT2D eigenvalue weighted by atomic mass is 10.1. The van der Waals surface area contributed by atoms with Crippen LogP contribution in [0.25, 0.3) is 0 Å². The molecule has 2 aromatic carbocycles. The SMILES string of the molecule is CN(Cc1cccc(NC(=O)CSc2ccc3c(c2)CCC3)c1)Cc1cscn1. The molecular weight excluding hydrogens is 398 g/mol. The Morgan fingerprint density at radius 2 is 2.07 bits per heavy atom. The quantitative estimate of drug-likeness (QED) is 0.518. The molecule has 6 heteroatoms. The first kappa shape index (κ1) is 20.1. The lowest BCUT2D eigenvalue weighted by molar-refractivity contribution is -0.113. The Morgan fingerprint density at radius 1 is 1.17 bits per heavy atom. The molecule has 1 N–H and O–H groups in total. The summed E-state index contributed by atoms with van der Waals surface area (Å²) in [6, 6.07) is 14.7. The van der Waals surface area contributed by atoms with Crippen molar-refractivity contribution in [1.29, 1.82) is 0 Å². The second kappa shape index (κ2) is 9.57. The number of amides is 1. The van der Waals surface area contributed by atoms with Gasteiger partial charge in [-0.3, -0.25) is 9.69 Å². The van der Waals surface area contributed by atoms with Crippen LogP contribution in [0.3, 0.4) is 0 Å². The summed E-state index contributed by atoms with van der Waals surface area (Å²) >= 11 is 3.22. The highest BCUT2D eigenvalue weighted by Crippen LogP contribution is 2.27. The fraction of sp³-hybridized carbons (Fsp3) is 0.304. The number of carbonyl (C=O) groups is 1. The fourth-order valence-electron chi connectivity index (χ4n) is 3.69. The lowest BCUT2D eigenvalue weighted by Crippen LogP contribution is -2.18. The van der Waals surface area contributed by atoms with Gasteiger partial charge in [-0.2, -0.15) is 0 Å². The van der Waals surface area contributed by atoms with Gasteiger partial charge in [-0.05, 0) is 67.3 Å². The summed E-state index contributed by atoms with van der Waals surface area (Å²) < 4.78 is 0. The highest BCUT2D eigenvalue weighted by Gasteiger charge is 2.12. The van der Waals surface area contributed by atoms with Gasteiger partial charge in [-0.15, -0.1) is 23.1 Å². The van der Waals surface area contributed by atoms with Crippen molar-refractivity contribution in [3.63, 3.8) is 0 Å². The van der Waals surface area contributed by atoms with Gasteiger partial charge in [-0.1, -0.05) is 18.2 Å². The smallest absolute Gasteiger partial charge is 0.234 e. The number of thioether (sulfide) groups is 1. The zero-order chi connectivity index (χ0) is 20.1. The third-order valence-corrected chi connectivity index (χ3v) is 6.65. The number of anilines is 1. The minimum Gasteiger partial charge on any atom is -0.325 e. The molecule has 1 aliphatic carbocycles. The van der Waals surface area contributed by atoms with E-state index in [9.17, 15) is 4.79 Å². The molecule has 0 saturated carbocycles. The molecule has 3 aromatic rings. The molecule has 1 aliphatic rings. The number of nitrogens with zero attached hydrogens (tertiary/aromatic N) is 2. The third-order valence-electron chi connectivity index (χ3n) is 5.02. The van der Waals surface area contributed by atoms with E-state index in [1.54, 1.807) is 23.1 Å². The van der Waals surface area contributed by atoms with E-state index in [-0.39, 0.29) is 5.91 Å². The van der Waals surface area contributed by atoms with Crippen molar-refractivity contribution in [2.75, 3.05) is 18.1 Å². The second-order valence-electron chi connectivity index (χ2n) is 7.47. The number of carbonyl (C=O) groups excluding carboxylic acids is 1. The van der Waals surface area contributed by atoms with Gasteiger partial charge in [0.1, 0.15) is 0 Å². The van der Waals surface area contributed by atoms with Crippen LogP contribution in [-0.4, -0.2) is 28.6 Å². The molecule has 4 nitrogen and oxygen atoms in total. The predicted molar refractivity (Wildman–Crippen MR) is 122 cm³/mol. The van der Waals surface area contributed by atoms with Crippen molar-refractivity contribution in [3.8, 4) is 0 Å². The molecule has 0 radical (unpaired) electrons. The van der Waals surface area contributed by atoms with Crippen molar-refractivity contribution in [1.82, 2.24) is 9.88 Å². The molecule has 0 atom stereocenters. The summed E-state index contributed by atoms with van der Waals surface area (Å²) in [7, 11) is 2.08. The van der Waals surface area contributed by atoms with Gasteiger partial charge in [0.2, 0.25) is 5.91 Å². The summed E-state index contributed by atoms with van der Waals surface area (Å²) in [6.07, 6.45) is 3.61. The standard InChI is InChI=1S/C23H25N3OS2/c1-26(13-21-14-28-16-24-21)12-17-4-2-7-20(10-17)25-23(27)15-29-22-9-8-18-5-3-6-19(18)11-22/h2,4,7-11,14,16H,3,5-6,12-13,15H2,1H3,(H,25,27). The highest BCUT2D eigenvalue weighted by molar-refractivity contribution is 8.00. The van der Waals surface area contributed by atoms with E-state index in [0.29, 0.717) is 5.75 Å². The van der Waals surface area contributed by atoms with Gasteiger partial charge in [0, 0.05) is 29.1 Å². The number of aryl methyl sites for hydroxylation is 2. The largest absolute Gasteiger partial charge is 0.325 e. The van der Waals surface area contributed by atoms with E-state index in [1.807, 2.05) is 17.6 Å². The molecule has 4 rings (SSSR count). The summed E-state index contributed by atoms with van der Waals surface area (Å²) in [4.78, 5) is 20.2. The van der Waals surface area contributed by atoms with Gasteiger partial charge in [-0.25, -0.2) is 4.98 Å². The summed E-state index contributed by atoms with van der Waals surface area (Å²) in [5, 5.41) is 5.11. The monoisotopic (exact) mass is 423 g/mol. The number of nitrogens with one attached hydrogen (secondary N) is 1. The topological polar surface area (TPSA) is 45.2 Å². The molecule has 150 valence electrons. The summed E-state index contributed by atoms with van der Waals surface area (Å²) in [6.45, 7) is 1.63. The number of rotatable bonds is 8. The second-order valence-corrected chi connectivity index (χ2v) is 9.24. The maximum absolute atomic E-state index is 12.4. The van der Waals surface area contributed by atoms with Gasteiger partial charge in [0.25, 0.3) is 0 Å². The first-order valence-corrected chi connectivity index (χ1v) is 11.8. The van der Waals surface area contributed by atoms with E-state index in [0.717, 1.165) is 24.5 Å². The van der Waals surface area contributed by atoms with E-state index in [1.165, 1.54) is 40.8 Å². The molecular formula is C23H25N3OS2. The zero-order valence-electron chi connectivity index (χ0n) is 16.6. The molecule has 1 heterocycles. The van der Waals surface area contributed by atoms with Crippen molar-refractivity contribution in [2.24, 2.45) is 0 Å². The third kappa shape index (κ3) is 5.69. The number of aromatic nitrogens is 1. The van der Waals surface area contributed by atoms with Crippen LogP contribution in [0.5, 0.6) is 0 Å². The van der Waals surface area contributed by atoms with Gasteiger partial charge in [0.05, 0.1) is 17.0 Å². The van der Waals surface area contributed by atoms with Crippen LogP contribution in [0.1, 0.15) is 28.8 Å². The van der Waals surface area contributed by atoms with E-state index in [4.69, 9.17) is 0 Å². The Balaban J connectivity index is 1.28. The van der Waals surface area contributed by atoms with E-state index < -0.39 is 0 Å². The number of hydrogen-bond acceptors (Lipinski definition) is 5. The van der Waals surface area contributed by atoms with Crippen LogP contribution in [0, 0.1) is 0 Å². The molecule has 0 saturated heterocycles. The average Bonchev–Trinajstić information content (AvgIpc) is 3.37. The molecule has 1 aromatic heterocycles. The van der Waals surface area contributed by atoms with Crippen LogP contribution in [-0.2, 0) is 30.7 Å². The average molecular weight is 424 g/mol. The molecule has 0 unspecified atom stereocenters. The lowest BCUT2D eigenvalue weighted by Gasteiger charge is -2.16. The van der Waals surface area contributed by atoms with Crippen LogP contribution in [0.4, 0.5) is 5.69 Å². The Bertz CT molecular complexity index is 972. The Labute approximate surface area is 180 Å². The first-order chi connectivity index (χ1) is 14.2. The maximum Gasteiger partial charge on any atom is 0.234 e. The van der Waals surface area contributed by atoms with Crippen LogP contribution in [0.2, 0.25) is 0 Å². The Morgan fingerprint density at radius 3 is 2.93 bits per heavy atom. The predicted octanol–water partition coefficient (Wildman–Crippen LogP) is 4.99. The van der Waals surface area contributed by atoms with Crippen LogP contribution in [0.15, 0.2) is 58.3 Å². The van der Waals surface area contributed by atoms with Crippen molar-refractivity contribution < 1.29 is 4.79 Å². The van der Waals surface area contributed by atoms with E-state index >= 15 is 0 Å². The maximum atomic E-state index is 12.4. The molecule has 1 amide bonds. The van der Waals surface area contributed by atoms with Crippen LogP contribution >= 0.6 is 23.1 Å².